The van der Waals surface area contributed by atoms with Gasteiger partial charge in [0.05, 0.1) is 5.69 Å². The van der Waals surface area contributed by atoms with Crippen molar-refractivity contribution in [3.05, 3.63) is 23.2 Å². The average Bonchev–Trinajstić information content (AvgIpc) is 2.31. The summed E-state index contributed by atoms with van der Waals surface area (Å²) < 4.78 is 43.8. The molecule has 1 unspecified atom stereocenters. The van der Waals surface area contributed by atoms with Crippen LogP contribution < -0.4 is 15.4 Å². The summed E-state index contributed by atoms with van der Waals surface area (Å²) >= 11 is 5.75. The molecule has 1 aliphatic heterocycles. The molecule has 8 heteroatoms. The molecule has 4 nitrogen and oxygen atoms in total. The van der Waals surface area contributed by atoms with E-state index in [-0.39, 0.29) is 16.5 Å². The molecule has 2 N–H and O–H groups in total. The van der Waals surface area contributed by atoms with Crippen molar-refractivity contribution >= 4 is 23.2 Å². The van der Waals surface area contributed by atoms with Gasteiger partial charge in [0.1, 0.15) is 11.8 Å². The monoisotopic (exact) mass is 294 g/mol. The topological polar surface area (TPSA) is 55.6 Å². The van der Waals surface area contributed by atoms with E-state index in [0.29, 0.717) is 4.90 Å². The molecule has 1 aromatic carbocycles. The number of halogens is 4. The van der Waals surface area contributed by atoms with Crippen molar-refractivity contribution in [3.63, 3.8) is 0 Å². The molecule has 0 fully saturated rings. The second kappa shape index (κ2) is 4.90. The number of rotatable bonds is 2. The maximum atomic E-state index is 12.9. The van der Waals surface area contributed by atoms with Crippen molar-refractivity contribution in [2.75, 3.05) is 18.1 Å². The number of alkyl halides is 3. The Morgan fingerprint density at radius 2 is 2.16 bits per heavy atom. The van der Waals surface area contributed by atoms with Gasteiger partial charge in [-0.15, -0.1) is 0 Å². The third-order valence-electron chi connectivity index (χ3n) is 2.71. The highest BCUT2D eigenvalue weighted by atomic mass is 35.5. The number of benzene rings is 1. The second-order valence-electron chi connectivity index (χ2n) is 3.96. The maximum Gasteiger partial charge on any atom is 0.410 e. The van der Waals surface area contributed by atoms with Gasteiger partial charge in [-0.05, 0) is 18.2 Å². The minimum Gasteiger partial charge on any atom is -0.482 e. The fourth-order valence-electron chi connectivity index (χ4n) is 1.87. The summed E-state index contributed by atoms with van der Waals surface area (Å²) in [7, 11) is 0. The summed E-state index contributed by atoms with van der Waals surface area (Å²) in [6.07, 6.45) is -4.62. The molecule has 1 aliphatic rings. The summed E-state index contributed by atoms with van der Waals surface area (Å²) in [5.41, 5.74) is 5.14. The van der Waals surface area contributed by atoms with Gasteiger partial charge in [-0.3, -0.25) is 9.69 Å². The van der Waals surface area contributed by atoms with E-state index in [4.69, 9.17) is 22.1 Å². The fraction of sp³-hybridized carbons (Fsp3) is 0.364. The molecular weight excluding hydrogens is 285 g/mol. The molecule has 1 amide bonds. The van der Waals surface area contributed by atoms with E-state index in [1.54, 1.807) is 0 Å². The summed E-state index contributed by atoms with van der Waals surface area (Å²) in [5.74, 6) is -0.630. The lowest BCUT2D eigenvalue weighted by Gasteiger charge is -2.36. The molecule has 0 saturated heterocycles. The molecule has 2 rings (SSSR count). The zero-order valence-corrected chi connectivity index (χ0v) is 10.3. The summed E-state index contributed by atoms with van der Waals surface area (Å²) in [5, 5.41) is 0.208. The van der Waals surface area contributed by atoms with E-state index >= 15 is 0 Å². The number of carbonyl (C=O) groups excluding carboxylic acids is 1. The number of hydrogen-bond acceptors (Lipinski definition) is 3. The van der Waals surface area contributed by atoms with Crippen LogP contribution in [0.3, 0.4) is 0 Å². The molecule has 0 aromatic heterocycles. The molecule has 1 atom stereocenters. The lowest BCUT2D eigenvalue weighted by atomic mass is 10.1. The van der Waals surface area contributed by atoms with Crippen LogP contribution in [0, 0.1) is 0 Å². The Hall–Kier alpha value is -1.47. The SMILES string of the molecule is NCC(N1C(=O)COc2ccc(Cl)cc21)C(F)(F)F. The first-order chi connectivity index (χ1) is 8.84. The molecular formula is C11H10ClF3N2O2. The minimum absolute atomic E-state index is 0.0171. The van der Waals surface area contributed by atoms with Crippen molar-refractivity contribution in [1.29, 1.82) is 0 Å². The Morgan fingerprint density at radius 1 is 1.47 bits per heavy atom. The van der Waals surface area contributed by atoms with Gasteiger partial charge < -0.3 is 10.5 Å². The van der Waals surface area contributed by atoms with Gasteiger partial charge in [0, 0.05) is 11.6 Å². The van der Waals surface area contributed by atoms with Crippen molar-refractivity contribution < 1.29 is 22.7 Å². The minimum atomic E-state index is -4.62. The summed E-state index contributed by atoms with van der Waals surface area (Å²) in [6.45, 7) is -1.19. The highest BCUT2D eigenvalue weighted by molar-refractivity contribution is 6.31. The van der Waals surface area contributed by atoms with Crippen molar-refractivity contribution in [2.24, 2.45) is 5.73 Å². The number of amides is 1. The van der Waals surface area contributed by atoms with E-state index in [1.165, 1.54) is 18.2 Å². The van der Waals surface area contributed by atoms with E-state index in [0.717, 1.165) is 0 Å². The number of ether oxygens (including phenoxy) is 1. The highest BCUT2D eigenvalue weighted by Crippen LogP contribution is 2.38. The van der Waals surface area contributed by atoms with Crippen LogP contribution in [-0.2, 0) is 4.79 Å². The molecule has 1 aromatic rings. The smallest absolute Gasteiger partial charge is 0.410 e. The zero-order chi connectivity index (χ0) is 14.2. The Morgan fingerprint density at radius 3 is 2.74 bits per heavy atom. The van der Waals surface area contributed by atoms with Gasteiger partial charge in [-0.2, -0.15) is 13.2 Å². The van der Waals surface area contributed by atoms with Crippen LogP contribution in [-0.4, -0.2) is 31.3 Å². The van der Waals surface area contributed by atoms with E-state index < -0.39 is 31.3 Å². The second-order valence-corrected chi connectivity index (χ2v) is 4.39. The number of hydrogen-bond donors (Lipinski definition) is 1. The van der Waals surface area contributed by atoms with Crippen LogP contribution in [0.1, 0.15) is 0 Å². The normalized spacial score (nSPS) is 16.9. The average molecular weight is 295 g/mol. The van der Waals surface area contributed by atoms with Gasteiger partial charge in [-0.25, -0.2) is 0 Å². The van der Waals surface area contributed by atoms with E-state index in [2.05, 4.69) is 0 Å². The Balaban J connectivity index is 2.50. The third-order valence-corrected chi connectivity index (χ3v) is 2.95. The molecule has 0 spiro atoms. The number of carbonyl (C=O) groups is 1. The first kappa shape index (κ1) is 14.0. The Kier molecular flexibility index (Phi) is 3.60. The highest BCUT2D eigenvalue weighted by Gasteiger charge is 2.47. The van der Waals surface area contributed by atoms with Crippen LogP contribution in [0.2, 0.25) is 5.02 Å². The third kappa shape index (κ3) is 2.62. The number of nitrogens with two attached hydrogens (primary N) is 1. The van der Waals surface area contributed by atoms with Crippen molar-refractivity contribution in [1.82, 2.24) is 0 Å². The van der Waals surface area contributed by atoms with Crippen LogP contribution in [0.15, 0.2) is 18.2 Å². The molecule has 0 aliphatic carbocycles. The van der Waals surface area contributed by atoms with E-state index in [9.17, 15) is 18.0 Å². The van der Waals surface area contributed by atoms with Crippen LogP contribution in [0.5, 0.6) is 5.75 Å². The predicted molar refractivity (Wildman–Crippen MR) is 63.3 cm³/mol. The van der Waals surface area contributed by atoms with Crippen LogP contribution in [0.25, 0.3) is 0 Å². The van der Waals surface area contributed by atoms with Crippen LogP contribution >= 0.6 is 11.6 Å². The number of anilines is 1. The summed E-state index contributed by atoms with van der Waals surface area (Å²) in [4.78, 5) is 12.3. The lowest BCUT2D eigenvalue weighted by Crippen LogP contribution is -2.55. The first-order valence-corrected chi connectivity index (χ1v) is 5.73. The first-order valence-electron chi connectivity index (χ1n) is 5.36. The van der Waals surface area contributed by atoms with Gasteiger partial charge in [0.15, 0.2) is 6.61 Å². The lowest BCUT2D eigenvalue weighted by molar-refractivity contribution is -0.153. The molecule has 104 valence electrons. The molecule has 19 heavy (non-hydrogen) atoms. The molecule has 0 bridgehead atoms. The quantitative estimate of drug-likeness (QED) is 0.907. The van der Waals surface area contributed by atoms with Crippen LogP contribution in [0.4, 0.5) is 18.9 Å². The van der Waals surface area contributed by atoms with Gasteiger partial charge in [-0.1, -0.05) is 11.6 Å². The Labute approximate surface area is 111 Å². The van der Waals surface area contributed by atoms with E-state index in [1.807, 2.05) is 0 Å². The molecule has 0 radical (unpaired) electrons. The largest absolute Gasteiger partial charge is 0.482 e. The van der Waals surface area contributed by atoms with Gasteiger partial charge in [0.25, 0.3) is 5.91 Å². The Bertz CT molecular complexity index is 507. The fourth-order valence-corrected chi connectivity index (χ4v) is 2.04. The predicted octanol–water partition coefficient (Wildman–Crippen LogP) is 1.96. The molecule has 1 heterocycles. The number of nitrogens with zero attached hydrogens (tertiary/aromatic N) is 1. The van der Waals surface area contributed by atoms with Gasteiger partial charge >= 0.3 is 6.18 Å². The number of fused-ring (bicyclic) bond motifs is 1. The van der Waals surface area contributed by atoms with Crippen molar-refractivity contribution in [2.45, 2.75) is 12.2 Å². The summed E-state index contributed by atoms with van der Waals surface area (Å²) in [6, 6.07) is 2.05. The standard InChI is InChI=1S/C11H10ClF3N2O2/c12-6-1-2-8-7(3-6)17(10(18)5-19-8)9(4-16)11(13,14)15/h1-3,9H,4-5,16H2. The van der Waals surface area contributed by atoms with Gasteiger partial charge in [0.2, 0.25) is 0 Å². The molecule has 0 saturated carbocycles. The van der Waals surface area contributed by atoms with Crippen molar-refractivity contribution in [3.8, 4) is 5.75 Å². The zero-order valence-electron chi connectivity index (χ0n) is 9.58. The maximum absolute atomic E-state index is 12.9.